The van der Waals surface area contributed by atoms with E-state index in [0.717, 1.165) is 0 Å². The maximum atomic E-state index is 13.5. The van der Waals surface area contributed by atoms with E-state index in [-0.39, 0.29) is 18.0 Å². The van der Waals surface area contributed by atoms with Crippen molar-refractivity contribution < 1.29 is 13.9 Å². The summed E-state index contributed by atoms with van der Waals surface area (Å²) in [6, 6.07) is 6.18. The van der Waals surface area contributed by atoms with Crippen LogP contribution >= 0.6 is 0 Å². The van der Waals surface area contributed by atoms with Gasteiger partial charge in [0, 0.05) is 18.4 Å². The minimum absolute atomic E-state index is 0.00849. The van der Waals surface area contributed by atoms with Gasteiger partial charge in [-0.05, 0) is 17.7 Å². The van der Waals surface area contributed by atoms with Crippen LogP contribution in [0.1, 0.15) is 16.8 Å². The number of nitrogens with zero attached hydrogens (tertiary/aromatic N) is 3. The summed E-state index contributed by atoms with van der Waals surface area (Å²) in [5, 5.41) is 8.68. The molecule has 5 nitrogen and oxygen atoms in total. The number of halogens is 1. The SMILES string of the molecule is COC(=O)Cc1cncn1Cc1ccc(C#N)c(F)c1. The van der Waals surface area contributed by atoms with Crippen LogP contribution in [-0.2, 0) is 22.5 Å². The molecule has 0 atom stereocenters. The third-order valence-corrected chi connectivity index (χ3v) is 2.86. The molecule has 102 valence electrons. The topological polar surface area (TPSA) is 67.9 Å². The highest BCUT2D eigenvalue weighted by Crippen LogP contribution is 2.12. The highest BCUT2D eigenvalue weighted by Gasteiger charge is 2.10. The van der Waals surface area contributed by atoms with Crippen molar-refractivity contribution >= 4 is 5.97 Å². The molecule has 20 heavy (non-hydrogen) atoms. The van der Waals surface area contributed by atoms with Gasteiger partial charge in [-0.15, -0.1) is 0 Å². The Balaban J connectivity index is 2.19. The maximum absolute atomic E-state index is 13.5. The van der Waals surface area contributed by atoms with E-state index in [1.807, 2.05) is 0 Å². The summed E-state index contributed by atoms with van der Waals surface area (Å²) in [5.41, 5.74) is 1.38. The molecule has 0 aliphatic carbocycles. The van der Waals surface area contributed by atoms with E-state index >= 15 is 0 Å². The fourth-order valence-electron chi connectivity index (χ4n) is 1.80. The van der Waals surface area contributed by atoms with E-state index in [1.165, 1.54) is 19.2 Å². The molecule has 0 radical (unpaired) electrons. The molecule has 2 rings (SSSR count). The number of ether oxygens (including phenoxy) is 1. The highest BCUT2D eigenvalue weighted by atomic mass is 19.1. The monoisotopic (exact) mass is 273 g/mol. The van der Waals surface area contributed by atoms with Crippen LogP contribution in [-0.4, -0.2) is 22.6 Å². The number of rotatable bonds is 4. The Morgan fingerprint density at radius 2 is 2.35 bits per heavy atom. The first-order chi connectivity index (χ1) is 9.63. The molecule has 0 fully saturated rings. The number of carbonyl (C=O) groups excluding carboxylic acids is 1. The molecule has 0 saturated heterocycles. The molecular formula is C14H12FN3O2. The second-order valence-corrected chi connectivity index (χ2v) is 4.19. The van der Waals surface area contributed by atoms with Crippen molar-refractivity contribution in [2.24, 2.45) is 0 Å². The molecule has 0 N–H and O–H groups in total. The first kappa shape index (κ1) is 13.7. The average Bonchev–Trinajstić information content (AvgIpc) is 2.86. The van der Waals surface area contributed by atoms with Crippen molar-refractivity contribution in [3.63, 3.8) is 0 Å². The van der Waals surface area contributed by atoms with E-state index in [9.17, 15) is 9.18 Å². The molecule has 1 aromatic heterocycles. The smallest absolute Gasteiger partial charge is 0.311 e. The van der Waals surface area contributed by atoms with Crippen molar-refractivity contribution in [1.29, 1.82) is 5.26 Å². The number of carbonyl (C=O) groups is 1. The standard InChI is InChI=1S/C14H12FN3O2/c1-20-14(19)5-12-7-17-9-18(12)8-10-2-3-11(6-16)13(15)4-10/h2-4,7,9H,5,8H2,1H3. The van der Waals surface area contributed by atoms with Crippen molar-refractivity contribution in [3.8, 4) is 6.07 Å². The first-order valence-corrected chi connectivity index (χ1v) is 5.88. The second kappa shape index (κ2) is 5.97. The summed E-state index contributed by atoms with van der Waals surface area (Å²) in [4.78, 5) is 15.2. The van der Waals surface area contributed by atoms with E-state index in [0.29, 0.717) is 17.8 Å². The molecule has 0 bridgehead atoms. The predicted octanol–water partition coefficient (Wildman–Crippen LogP) is 1.66. The average molecular weight is 273 g/mol. The Morgan fingerprint density at radius 3 is 3.00 bits per heavy atom. The summed E-state index contributed by atoms with van der Waals surface area (Å²) in [7, 11) is 1.32. The van der Waals surface area contributed by atoms with Crippen LogP contribution in [0.25, 0.3) is 0 Å². The lowest BCUT2D eigenvalue weighted by molar-refractivity contribution is -0.139. The Bertz CT molecular complexity index is 673. The van der Waals surface area contributed by atoms with Gasteiger partial charge >= 0.3 is 5.97 Å². The van der Waals surface area contributed by atoms with E-state index < -0.39 is 5.82 Å². The van der Waals surface area contributed by atoms with Crippen LogP contribution in [0.5, 0.6) is 0 Å². The molecule has 0 spiro atoms. The van der Waals surface area contributed by atoms with Crippen LogP contribution in [0, 0.1) is 17.1 Å². The van der Waals surface area contributed by atoms with Gasteiger partial charge in [0.25, 0.3) is 0 Å². The third kappa shape index (κ3) is 3.01. The van der Waals surface area contributed by atoms with Gasteiger partial charge in [-0.2, -0.15) is 5.26 Å². The van der Waals surface area contributed by atoms with Gasteiger partial charge in [0.1, 0.15) is 11.9 Å². The molecule has 0 saturated carbocycles. The van der Waals surface area contributed by atoms with Gasteiger partial charge in [0.2, 0.25) is 0 Å². The Morgan fingerprint density at radius 1 is 1.55 bits per heavy atom. The van der Waals surface area contributed by atoms with Crippen molar-refractivity contribution in [2.75, 3.05) is 7.11 Å². The Hall–Kier alpha value is -2.68. The van der Waals surface area contributed by atoms with Crippen LogP contribution in [0.3, 0.4) is 0 Å². The molecule has 1 heterocycles. The van der Waals surface area contributed by atoms with Gasteiger partial charge in [0.15, 0.2) is 0 Å². The minimum Gasteiger partial charge on any atom is -0.469 e. The van der Waals surface area contributed by atoms with Gasteiger partial charge in [-0.25, -0.2) is 9.37 Å². The van der Waals surface area contributed by atoms with E-state index in [1.54, 1.807) is 29.2 Å². The van der Waals surface area contributed by atoms with Crippen LogP contribution in [0.4, 0.5) is 4.39 Å². The Kier molecular flexibility index (Phi) is 4.11. The minimum atomic E-state index is -0.556. The second-order valence-electron chi connectivity index (χ2n) is 4.19. The zero-order valence-electron chi connectivity index (χ0n) is 10.8. The van der Waals surface area contributed by atoms with E-state index in [2.05, 4.69) is 9.72 Å². The van der Waals surface area contributed by atoms with Crippen molar-refractivity contribution in [1.82, 2.24) is 9.55 Å². The van der Waals surface area contributed by atoms with E-state index in [4.69, 9.17) is 5.26 Å². The largest absolute Gasteiger partial charge is 0.469 e. The number of nitriles is 1. The number of esters is 1. The number of hydrogen-bond donors (Lipinski definition) is 0. The lowest BCUT2D eigenvalue weighted by Gasteiger charge is -2.08. The lowest BCUT2D eigenvalue weighted by atomic mass is 10.1. The molecule has 6 heteroatoms. The predicted molar refractivity (Wildman–Crippen MR) is 68.2 cm³/mol. The maximum Gasteiger partial charge on any atom is 0.311 e. The number of imidazole rings is 1. The molecule has 1 aromatic carbocycles. The summed E-state index contributed by atoms with van der Waals surface area (Å²) in [5.74, 6) is -0.919. The molecular weight excluding hydrogens is 261 g/mol. The van der Waals surface area contributed by atoms with Crippen LogP contribution in [0.2, 0.25) is 0 Å². The quantitative estimate of drug-likeness (QED) is 0.794. The van der Waals surface area contributed by atoms with Gasteiger partial charge in [-0.3, -0.25) is 4.79 Å². The molecule has 2 aromatic rings. The zero-order chi connectivity index (χ0) is 14.5. The number of benzene rings is 1. The van der Waals surface area contributed by atoms with Crippen LogP contribution < -0.4 is 0 Å². The van der Waals surface area contributed by atoms with Gasteiger partial charge < -0.3 is 9.30 Å². The van der Waals surface area contributed by atoms with Crippen molar-refractivity contribution in [2.45, 2.75) is 13.0 Å². The third-order valence-electron chi connectivity index (χ3n) is 2.86. The summed E-state index contributed by atoms with van der Waals surface area (Å²) in [6.45, 7) is 0.370. The normalized spacial score (nSPS) is 10.1. The van der Waals surface area contributed by atoms with Gasteiger partial charge in [-0.1, -0.05) is 6.07 Å². The molecule has 0 aliphatic heterocycles. The van der Waals surface area contributed by atoms with Crippen LogP contribution in [0.15, 0.2) is 30.7 Å². The fraction of sp³-hybridized carbons (Fsp3) is 0.214. The molecule has 0 aliphatic rings. The van der Waals surface area contributed by atoms with Gasteiger partial charge in [0.05, 0.1) is 25.4 Å². The number of hydrogen-bond acceptors (Lipinski definition) is 4. The number of methoxy groups -OCH3 is 1. The zero-order valence-corrected chi connectivity index (χ0v) is 10.8. The lowest BCUT2D eigenvalue weighted by Crippen LogP contribution is -2.10. The summed E-state index contributed by atoms with van der Waals surface area (Å²) >= 11 is 0. The molecule has 0 amide bonds. The first-order valence-electron chi connectivity index (χ1n) is 5.88. The fourth-order valence-corrected chi connectivity index (χ4v) is 1.80. The summed E-state index contributed by atoms with van der Waals surface area (Å²) < 4.78 is 19.9. The summed E-state index contributed by atoms with van der Waals surface area (Å²) in [6.07, 6.45) is 3.24. The Labute approximate surface area is 115 Å². The molecule has 0 unspecified atom stereocenters. The highest BCUT2D eigenvalue weighted by molar-refractivity contribution is 5.71. The van der Waals surface area contributed by atoms with Crippen molar-refractivity contribution in [3.05, 3.63) is 53.4 Å². The number of aromatic nitrogens is 2.